The molecule has 0 spiro atoms. The summed E-state index contributed by atoms with van der Waals surface area (Å²) in [6.45, 7) is 1.90. The van der Waals surface area contributed by atoms with Crippen molar-refractivity contribution in [3.63, 3.8) is 0 Å². The molecule has 1 atom stereocenters. The molecule has 0 aromatic heterocycles. The summed E-state index contributed by atoms with van der Waals surface area (Å²) < 4.78 is 5.29. The van der Waals surface area contributed by atoms with Gasteiger partial charge in [-0.15, -0.1) is 0 Å². The molecule has 3 rings (SSSR count). The zero-order chi connectivity index (χ0) is 20.3. The van der Waals surface area contributed by atoms with Crippen LogP contribution in [0.4, 0.5) is 5.69 Å². The third kappa shape index (κ3) is 3.59. The van der Waals surface area contributed by atoms with Crippen molar-refractivity contribution in [1.29, 1.82) is 0 Å². The first-order valence-electron chi connectivity index (χ1n) is 8.70. The van der Waals surface area contributed by atoms with Gasteiger partial charge in [0.05, 0.1) is 34.4 Å². The highest BCUT2D eigenvalue weighted by Gasteiger charge is 2.38. The van der Waals surface area contributed by atoms with Gasteiger partial charge in [0.15, 0.2) is 5.11 Å². The molecule has 1 N–H and O–H groups in total. The van der Waals surface area contributed by atoms with Crippen LogP contribution in [0.25, 0.3) is 5.70 Å². The number of hydrogen-bond donors (Lipinski definition) is 1. The molecule has 0 saturated carbocycles. The molecule has 2 aromatic carbocycles. The quantitative estimate of drug-likeness (QED) is 0.358. The smallest absolute Gasteiger partial charge is 0.338 e. The minimum Gasteiger partial charge on any atom is -0.463 e. The van der Waals surface area contributed by atoms with Gasteiger partial charge < -0.3 is 15.0 Å². The number of esters is 1. The minimum atomic E-state index is -0.806. The topological polar surface area (TPSA) is 84.7 Å². The Balaban J connectivity index is 2.30. The maximum Gasteiger partial charge on any atom is 0.338 e. The van der Waals surface area contributed by atoms with E-state index in [-0.39, 0.29) is 17.9 Å². The number of nitrogens with one attached hydrogen (secondary N) is 1. The molecule has 7 nitrogen and oxygen atoms in total. The molecule has 1 aliphatic rings. The van der Waals surface area contributed by atoms with Gasteiger partial charge in [0.25, 0.3) is 5.69 Å². The summed E-state index contributed by atoms with van der Waals surface area (Å²) in [5.41, 5.74) is 1.85. The van der Waals surface area contributed by atoms with E-state index in [4.69, 9.17) is 17.0 Å². The number of para-hydroxylation sites is 1. The van der Waals surface area contributed by atoms with Gasteiger partial charge in [-0.25, -0.2) is 4.79 Å². The fourth-order valence-electron chi connectivity index (χ4n) is 3.21. The van der Waals surface area contributed by atoms with Crippen LogP contribution in [0.15, 0.2) is 60.2 Å². The van der Waals surface area contributed by atoms with Crippen molar-refractivity contribution in [2.75, 3.05) is 13.7 Å². The van der Waals surface area contributed by atoms with Gasteiger partial charge >= 0.3 is 5.97 Å². The van der Waals surface area contributed by atoms with Crippen molar-refractivity contribution in [3.8, 4) is 0 Å². The monoisotopic (exact) mass is 397 g/mol. The molecule has 1 aliphatic heterocycles. The Kier molecular flexibility index (Phi) is 5.70. The van der Waals surface area contributed by atoms with E-state index in [1.165, 1.54) is 6.07 Å². The Labute approximate surface area is 167 Å². The maximum absolute atomic E-state index is 12.9. The van der Waals surface area contributed by atoms with Crippen LogP contribution < -0.4 is 5.32 Å². The van der Waals surface area contributed by atoms with Gasteiger partial charge in [0.2, 0.25) is 0 Å². The lowest BCUT2D eigenvalue weighted by Gasteiger charge is -2.36. The van der Waals surface area contributed by atoms with E-state index in [9.17, 15) is 14.9 Å². The third-order valence-electron chi connectivity index (χ3n) is 4.44. The highest BCUT2D eigenvalue weighted by Crippen LogP contribution is 2.38. The van der Waals surface area contributed by atoms with Crippen LogP contribution in [0.3, 0.4) is 0 Å². The van der Waals surface area contributed by atoms with Gasteiger partial charge in [-0.3, -0.25) is 10.1 Å². The number of carbonyl (C=O) groups excluding carboxylic acids is 1. The van der Waals surface area contributed by atoms with Gasteiger partial charge in [0.1, 0.15) is 0 Å². The number of benzene rings is 2. The first-order chi connectivity index (χ1) is 13.5. The number of hydrogen-bond acceptors (Lipinski definition) is 5. The van der Waals surface area contributed by atoms with Crippen molar-refractivity contribution in [2.45, 2.75) is 13.0 Å². The van der Waals surface area contributed by atoms with Gasteiger partial charge in [0, 0.05) is 13.1 Å². The Morgan fingerprint density at radius 3 is 2.50 bits per heavy atom. The number of nitrogens with zero attached hydrogens (tertiary/aromatic N) is 2. The third-order valence-corrected chi connectivity index (χ3v) is 4.83. The molecular formula is C20H19N3O4S. The van der Waals surface area contributed by atoms with Crippen LogP contribution in [-0.4, -0.2) is 34.6 Å². The van der Waals surface area contributed by atoms with Crippen molar-refractivity contribution in [1.82, 2.24) is 10.2 Å². The van der Waals surface area contributed by atoms with Crippen LogP contribution >= 0.6 is 12.2 Å². The van der Waals surface area contributed by atoms with E-state index in [2.05, 4.69) is 5.32 Å². The lowest BCUT2D eigenvalue weighted by molar-refractivity contribution is -0.385. The molecule has 2 aromatic rings. The number of thiocarbonyl (C=S) groups is 1. The molecule has 144 valence electrons. The lowest BCUT2D eigenvalue weighted by Crippen LogP contribution is -2.46. The van der Waals surface area contributed by atoms with Gasteiger partial charge in [-0.2, -0.15) is 0 Å². The van der Waals surface area contributed by atoms with Gasteiger partial charge in [-0.1, -0.05) is 42.5 Å². The predicted molar refractivity (Wildman–Crippen MR) is 109 cm³/mol. The van der Waals surface area contributed by atoms with E-state index in [0.717, 1.165) is 5.56 Å². The molecule has 0 saturated heterocycles. The second-order valence-electron chi connectivity index (χ2n) is 6.11. The number of nitro groups is 1. The maximum atomic E-state index is 12.9. The van der Waals surface area contributed by atoms with E-state index in [0.29, 0.717) is 16.4 Å². The molecule has 0 aliphatic carbocycles. The van der Waals surface area contributed by atoms with Crippen molar-refractivity contribution < 1.29 is 14.5 Å². The Morgan fingerprint density at radius 1 is 1.21 bits per heavy atom. The molecule has 8 heteroatoms. The van der Waals surface area contributed by atoms with Crippen molar-refractivity contribution in [2.24, 2.45) is 0 Å². The Morgan fingerprint density at radius 2 is 1.86 bits per heavy atom. The number of rotatable bonds is 5. The zero-order valence-corrected chi connectivity index (χ0v) is 16.2. The summed E-state index contributed by atoms with van der Waals surface area (Å²) in [6, 6.07) is 14.8. The molecule has 0 unspecified atom stereocenters. The summed E-state index contributed by atoms with van der Waals surface area (Å²) in [7, 11) is 1.74. The van der Waals surface area contributed by atoms with Crippen LogP contribution in [0.1, 0.15) is 24.1 Å². The molecule has 28 heavy (non-hydrogen) atoms. The van der Waals surface area contributed by atoms with E-state index in [1.54, 1.807) is 37.1 Å². The molecule has 0 radical (unpaired) electrons. The summed E-state index contributed by atoms with van der Waals surface area (Å²) in [4.78, 5) is 25.7. The number of nitro benzene ring substituents is 1. The molecule has 0 fully saturated rings. The fraction of sp³-hybridized carbons (Fsp3) is 0.200. The Hall–Kier alpha value is -3.26. The molecule has 0 amide bonds. The van der Waals surface area contributed by atoms with Gasteiger partial charge in [-0.05, 0) is 30.8 Å². The zero-order valence-electron chi connectivity index (χ0n) is 15.4. The number of ether oxygens (including phenoxy) is 1. The van der Waals surface area contributed by atoms with Crippen molar-refractivity contribution >= 4 is 34.7 Å². The molecular weight excluding hydrogens is 378 g/mol. The lowest BCUT2D eigenvalue weighted by atomic mass is 9.91. The predicted octanol–water partition coefficient (Wildman–Crippen LogP) is 3.43. The van der Waals surface area contributed by atoms with E-state index in [1.807, 2.05) is 30.3 Å². The van der Waals surface area contributed by atoms with Crippen molar-refractivity contribution in [3.05, 3.63) is 81.4 Å². The Bertz CT molecular complexity index is 959. The van der Waals surface area contributed by atoms with E-state index < -0.39 is 16.9 Å². The fourth-order valence-corrected chi connectivity index (χ4v) is 3.42. The van der Waals surface area contributed by atoms with Crippen LogP contribution in [0.5, 0.6) is 0 Å². The van der Waals surface area contributed by atoms with Crippen LogP contribution in [-0.2, 0) is 9.53 Å². The minimum absolute atomic E-state index is 0.0958. The van der Waals surface area contributed by atoms with Crippen LogP contribution in [0, 0.1) is 10.1 Å². The van der Waals surface area contributed by atoms with E-state index >= 15 is 0 Å². The average molecular weight is 397 g/mol. The SMILES string of the molecule is CCOC(=O)C1=C(c2ccccc2)N(C)C(=S)N[C@H]1c1ccccc1[N+](=O)[O-]. The average Bonchev–Trinajstić information content (AvgIpc) is 2.70. The number of carbonyl (C=O) groups is 1. The first kappa shape index (κ1) is 19.5. The summed E-state index contributed by atoms with van der Waals surface area (Å²) in [5.74, 6) is -0.550. The standard InChI is InChI=1S/C20H19N3O4S/c1-3-27-19(24)16-17(14-11-7-8-12-15(14)23(25)26)21-20(28)22(2)18(16)13-9-5-4-6-10-13/h4-12,17H,3H2,1-2H3,(H,21,28)/t17-/m0/s1. The summed E-state index contributed by atoms with van der Waals surface area (Å²) in [5, 5.41) is 15.0. The van der Waals surface area contributed by atoms with Crippen LogP contribution in [0.2, 0.25) is 0 Å². The largest absolute Gasteiger partial charge is 0.463 e. The molecule has 0 bridgehead atoms. The second kappa shape index (κ2) is 8.18. The normalized spacial score (nSPS) is 16.6. The highest BCUT2D eigenvalue weighted by atomic mass is 32.1. The first-order valence-corrected chi connectivity index (χ1v) is 9.10. The molecule has 1 heterocycles. The summed E-state index contributed by atoms with van der Waals surface area (Å²) >= 11 is 5.45. The second-order valence-corrected chi connectivity index (χ2v) is 6.49. The summed E-state index contributed by atoms with van der Waals surface area (Å²) in [6.07, 6.45) is 0. The highest BCUT2D eigenvalue weighted by molar-refractivity contribution is 7.80.